The van der Waals surface area contributed by atoms with E-state index in [4.69, 9.17) is 9.47 Å². The van der Waals surface area contributed by atoms with Crippen molar-refractivity contribution >= 4 is 15.9 Å². The minimum Gasteiger partial charge on any atom is -0.490 e. The molecule has 0 heterocycles. The van der Waals surface area contributed by atoms with Gasteiger partial charge >= 0.3 is 0 Å². The Kier molecular flexibility index (Phi) is 8.10. The summed E-state index contributed by atoms with van der Waals surface area (Å²) >= 11 is 3.47. The van der Waals surface area contributed by atoms with Gasteiger partial charge in [0.25, 0.3) is 0 Å². The van der Waals surface area contributed by atoms with E-state index in [1.165, 1.54) is 6.42 Å². The molecule has 0 amide bonds. The maximum absolute atomic E-state index is 10.1. The lowest BCUT2D eigenvalue weighted by Crippen LogP contribution is -2.05. The van der Waals surface area contributed by atoms with Gasteiger partial charge in [-0.15, -0.1) is 0 Å². The zero-order valence-corrected chi connectivity index (χ0v) is 13.3. The normalized spacial score (nSPS) is 12.4. The van der Waals surface area contributed by atoms with Crippen LogP contribution in [0.2, 0.25) is 0 Å². The number of benzene rings is 1. The number of hydrogen-bond acceptors (Lipinski definition) is 3. The predicted molar refractivity (Wildman–Crippen MR) is 80.6 cm³/mol. The molecule has 0 aliphatic heterocycles. The summed E-state index contributed by atoms with van der Waals surface area (Å²) in [4.78, 5) is 0. The summed E-state index contributed by atoms with van der Waals surface area (Å²) < 4.78 is 11.4. The van der Waals surface area contributed by atoms with Crippen molar-refractivity contribution in [3.63, 3.8) is 0 Å². The highest BCUT2D eigenvalue weighted by molar-refractivity contribution is 9.10. The van der Waals surface area contributed by atoms with E-state index in [2.05, 4.69) is 22.9 Å². The van der Waals surface area contributed by atoms with Gasteiger partial charge in [-0.2, -0.15) is 0 Å². The van der Waals surface area contributed by atoms with Crippen LogP contribution in [0, 0.1) is 0 Å². The second kappa shape index (κ2) is 9.34. The van der Waals surface area contributed by atoms with E-state index < -0.39 is 6.10 Å². The van der Waals surface area contributed by atoms with Crippen LogP contribution in [-0.4, -0.2) is 25.4 Å². The smallest absolute Gasteiger partial charge is 0.133 e. The lowest BCUT2D eigenvalue weighted by atomic mass is 10.0. The van der Waals surface area contributed by atoms with Gasteiger partial charge in [0.15, 0.2) is 0 Å². The van der Waals surface area contributed by atoms with Crippen molar-refractivity contribution in [3.05, 3.63) is 28.2 Å². The Balaban J connectivity index is 2.54. The molecular weight excluding hydrogens is 308 g/mol. The fourth-order valence-corrected chi connectivity index (χ4v) is 2.34. The molecule has 4 heteroatoms. The molecule has 0 aliphatic rings. The number of unbranched alkanes of at least 4 members (excludes halogenated alkanes) is 2. The molecule has 1 atom stereocenters. The fraction of sp³-hybridized carbons (Fsp3) is 0.600. The molecule has 1 unspecified atom stereocenters. The third-order valence-electron chi connectivity index (χ3n) is 2.97. The quantitative estimate of drug-likeness (QED) is 0.693. The number of aliphatic hydroxyl groups excluding tert-OH is 1. The van der Waals surface area contributed by atoms with Crippen LogP contribution in [0.25, 0.3) is 0 Å². The van der Waals surface area contributed by atoms with Crippen molar-refractivity contribution in [2.45, 2.75) is 38.7 Å². The zero-order valence-electron chi connectivity index (χ0n) is 11.7. The van der Waals surface area contributed by atoms with E-state index in [0.717, 1.165) is 35.0 Å². The number of aliphatic hydroxyl groups is 1. The van der Waals surface area contributed by atoms with Gasteiger partial charge in [-0.3, -0.25) is 0 Å². The minimum atomic E-state index is -0.393. The molecule has 19 heavy (non-hydrogen) atoms. The number of halogens is 1. The lowest BCUT2D eigenvalue weighted by molar-refractivity contribution is 0.145. The molecule has 0 saturated carbocycles. The van der Waals surface area contributed by atoms with Gasteiger partial charge in [-0.05, 0) is 40.0 Å². The minimum absolute atomic E-state index is 0.393. The summed E-state index contributed by atoms with van der Waals surface area (Å²) in [7, 11) is 1.65. The first kappa shape index (κ1) is 16.5. The molecular formula is C15H23BrO3. The molecule has 0 aliphatic carbocycles. The number of methoxy groups -OCH3 is 1. The molecule has 0 bridgehead atoms. The van der Waals surface area contributed by atoms with E-state index >= 15 is 0 Å². The highest BCUT2D eigenvalue weighted by Crippen LogP contribution is 2.30. The van der Waals surface area contributed by atoms with E-state index in [1.54, 1.807) is 7.11 Å². The van der Waals surface area contributed by atoms with E-state index in [1.807, 2.05) is 18.2 Å². The van der Waals surface area contributed by atoms with Crippen molar-refractivity contribution in [2.24, 2.45) is 0 Å². The van der Waals surface area contributed by atoms with Gasteiger partial charge in [-0.1, -0.05) is 32.3 Å². The van der Waals surface area contributed by atoms with Gasteiger partial charge in [0, 0.05) is 7.11 Å². The fourth-order valence-electron chi connectivity index (χ4n) is 1.83. The SMILES string of the molecule is CCCCCC(O)c1ccc(OCCOC)c(Br)c1. The van der Waals surface area contributed by atoms with Gasteiger partial charge in [0.05, 0.1) is 17.2 Å². The molecule has 0 spiro atoms. The molecule has 1 aromatic rings. The standard InChI is InChI=1S/C15H23BrO3/c1-3-4-5-6-14(17)12-7-8-15(13(16)11-12)19-10-9-18-2/h7-8,11,14,17H,3-6,9-10H2,1-2H3. The molecule has 1 aromatic carbocycles. The van der Waals surface area contributed by atoms with Gasteiger partial charge < -0.3 is 14.6 Å². The molecule has 1 N–H and O–H groups in total. The lowest BCUT2D eigenvalue weighted by Gasteiger charge is -2.13. The first-order chi connectivity index (χ1) is 9.19. The molecule has 0 aromatic heterocycles. The van der Waals surface area contributed by atoms with E-state index in [-0.39, 0.29) is 0 Å². The summed E-state index contributed by atoms with van der Waals surface area (Å²) in [6.45, 7) is 3.25. The number of rotatable bonds is 9. The van der Waals surface area contributed by atoms with Crippen LogP contribution in [0.4, 0.5) is 0 Å². The molecule has 0 radical (unpaired) electrons. The monoisotopic (exact) mass is 330 g/mol. The van der Waals surface area contributed by atoms with Crippen molar-refractivity contribution in [1.82, 2.24) is 0 Å². The summed E-state index contributed by atoms with van der Waals surface area (Å²) in [5, 5.41) is 10.1. The Labute approximate surface area is 124 Å². The first-order valence-electron chi connectivity index (χ1n) is 6.78. The van der Waals surface area contributed by atoms with Crippen molar-refractivity contribution in [2.75, 3.05) is 20.3 Å². The largest absolute Gasteiger partial charge is 0.490 e. The third-order valence-corrected chi connectivity index (χ3v) is 3.59. The molecule has 108 valence electrons. The van der Waals surface area contributed by atoms with Gasteiger partial charge in [0.2, 0.25) is 0 Å². The number of hydrogen-bond donors (Lipinski definition) is 1. The highest BCUT2D eigenvalue weighted by atomic mass is 79.9. The molecule has 1 rings (SSSR count). The topological polar surface area (TPSA) is 38.7 Å². The second-order valence-corrected chi connectivity index (χ2v) is 5.40. The van der Waals surface area contributed by atoms with Gasteiger partial charge in [-0.25, -0.2) is 0 Å². The Bertz CT molecular complexity index is 368. The Morgan fingerprint density at radius 3 is 2.68 bits per heavy atom. The van der Waals surface area contributed by atoms with Crippen LogP contribution >= 0.6 is 15.9 Å². The first-order valence-corrected chi connectivity index (χ1v) is 7.57. The van der Waals surface area contributed by atoms with Crippen molar-refractivity contribution in [1.29, 1.82) is 0 Å². The maximum Gasteiger partial charge on any atom is 0.133 e. The molecule has 0 saturated heterocycles. The third kappa shape index (κ3) is 5.93. The number of ether oxygens (including phenoxy) is 2. The van der Waals surface area contributed by atoms with Crippen LogP contribution in [0.3, 0.4) is 0 Å². The highest BCUT2D eigenvalue weighted by Gasteiger charge is 2.10. The predicted octanol–water partition coefficient (Wildman–Crippen LogP) is 4.09. The summed E-state index contributed by atoms with van der Waals surface area (Å²) in [5.41, 5.74) is 0.932. The van der Waals surface area contributed by atoms with Crippen LogP contribution in [0.1, 0.15) is 44.3 Å². The Morgan fingerprint density at radius 2 is 2.05 bits per heavy atom. The van der Waals surface area contributed by atoms with Crippen molar-refractivity contribution in [3.8, 4) is 5.75 Å². The van der Waals surface area contributed by atoms with Crippen LogP contribution in [0.15, 0.2) is 22.7 Å². The van der Waals surface area contributed by atoms with E-state index in [0.29, 0.717) is 13.2 Å². The van der Waals surface area contributed by atoms with Crippen LogP contribution in [0.5, 0.6) is 5.75 Å². The van der Waals surface area contributed by atoms with E-state index in [9.17, 15) is 5.11 Å². The summed E-state index contributed by atoms with van der Waals surface area (Å²) in [6, 6.07) is 5.74. The zero-order chi connectivity index (χ0) is 14.1. The van der Waals surface area contributed by atoms with Crippen LogP contribution in [-0.2, 0) is 4.74 Å². The average Bonchev–Trinajstić information content (AvgIpc) is 2.41. The Morgan fingerprint density at radius 1 is 1.26 bits per heavy atom. The Hall–Kier alpha value is -0.580. The molecule has 0 fully saturated rings. The molecule has 3 nitrogen and oxygen atoms in total. The maximum atomic E-state index is 10.1. The summed E-state index contributed by atoms with van der Waals surface area (Å²) in [5.74, 6) is 0.779. The van der Waals surface area contributed by atoms with Crippen molar-refractivity contribution < 1.29 is 14.6 Å². The average molecular weight is 331 g/mol. The second-order valence-electron chi connectivity index (χ2n) is 4.54. The summed E-state index contributed by atoms with van der Waals surface area (Å²) in [6.07, 6.45) is 3.81. The van der Waals surface area contributed by atoms with Gasteiger partial charge in [0.1, 0.15) is 12.4 Å². The van der Waals surface area contributed by atoms with Crippen LogP contribution < -0.4 is 4.74 Å².